The smallest absolute Gasteiger partial charge is 0.311 e. The van der Waals surface area contributed by atoms with Crippen LogP contribution in [-0.4, -0.2) is 24.0 Å². The molecule has 4 bridgehead atoms. The molecule has 140 valence electrons. The minimum absolute atomic E-state index is 0.218. The van der Waals surface area contributed by atoms with Crippen molar-refractivity contribution >= 4 is 11.6 Å². The normalized spacial score (nSPS) is 31.7. The highest BCUT2D eigenvalue weighted by Gasteiger charge is 2.50. The zero-order valence-electron chi connectivity index (χ0n) is 14.6. The van der Waals surface area contributed by atoms with E-state index >= 15 is 0 Å². The lowest BCUT2D eigenvalue weighted by molar-refractivity contribution is -0.385. The lowest BCUT2D eigenvalue weighted by Crippen LogP contribution is -2.51. The van der Waals surface area contributed by atoms with Crippen molar-refractivity contribution in [1.82, 2.24) is 5.32 Å². The summed E-state index contributed by atoms with van der Waals surface area (Å²) in [6, 6.07) is 2.97. The topological polar surface area (TPSA) is 81.5 Å². The Kier molecular flexibility index (Phi) is 4.32. The van der Waals surface area contributed by atoms with E-state index in [9.17, 15) is 19.3 Å². The first-order valence-corrected chi connectivity index (χ1v) is 9.26. The van der Waals surface area contributed by atoms with E-state index in [1.807, 2.05) is 0 Å². The number of nitro groups is 1. The van der Waals surface area contributed by atoms with Crippen LogP contribution in [0.3, 0.4) is 0 Å². The molecular formula is C19H23FN2O4. The monoisotopic (exact) mass is 362 g/mol. The number of amides is 1. The standard InChI is InChI=1S/C19H23FN2O4/c20-15-1-2-16(22(24)25)17(6-15)26-10-18(23)21-11-19-7-12-3-13(8-19)5-14(4-12)9-19/h1-2,6,12-14H,3-5,7-11H2,(H,21,23). The molecule has 0 atom stereocenters. The highest BCUT2D eigenvalue weighted by atomic mass is 19.1. The van der Waals surface area contributed by atoms with Crippen LogP contribution < -0.4 is 10.1 Å². The Morgan fingerprint density at radius 2 is 1.85 bits per heavy atom. The Morgan fingerprint density at radius 3 is 2.42 bits per heavy atom. The Balaban J connectivity index is 1.33. The molecule has 26 heavy (non-hydrogen) atoms. The van der Waals surface area contributed by atoms with Gasteiger partial charge in [-0.1, -0.05) is 0 Å². The van der Waals surface area contributed by atoms with Crippen molar-refractivity contribution in [3.8, 4) is 5.75 Å². The van der Waals surface area contributed by atoms with Crippen molar-refractivity contribution in [2.24, 2.45) is 23.2 Å². The van der Waals surface area contributed by atoms with Gasteiger partial charge >= 0.3 is 5.69 Å². The summed E-state index contributed by atoms with van der Waals surface area (Å²) in [4.78, 5) is 22.5. The predicted octanol–water partition coefficient (Wildman–Crippen LogP) is 3.45. The highest BCUT2D eigenvalue weighted by Crippen LogP contribution is 2.59. The van der Waals surface area contributed by atoms with Crippen molar-refractivity contribution < 1.29 is 18.8 Å². The summed E-state index contributed by atoms with van der Waals surface area (Å²) < 4.78 is 18.5. The summed E-state index contributed by atoms with van der Waals surface area (Å²) >= 11 is 0. The maximum atomic E-state index is 13.3. The van der Waals surface area contributed by atoms with Gasteiger partial charge in [0.15, 0.2) is 6.61 Å². The first-order valence-electron chi connectivity index (χ1n) is 9.26. The second-order valence-electron chi connectivity index (χ2n) is 8.35. The van der Waals surface area contributed by atoms with Crippen LogP contribution in [0.15, 0.2) is 18.2 Å². The fourth-order valence-electron chi connectivity index (χ4n) is 5.74. The molecule has 0 unspecified atom stereocenters. The van der Waals surface area contributed by atoms with E-state index in [-0.39, 0.29) is 29.4 Å². The molecule has 7 heteroatoms. The third-order valence-electron chi connectivity index (χ3n) is 6.30. The maximum absolute atomic E-state index is 13.3. The Morgan fingerprint density at radius 1 is 1.23 bits per heavy atom. The summed E-state index contributed by atoms with van der Waals surface area (Å²) in [6.45, 7) is 0.292. The molecule has 4 aliphatic carbocycles. The quantitative estimate of drug-likeness (QED) is 0.621. The average molecular weight is 362 g/mol. The van der Waals surface area contributed by atoms with Crippen LogP contribution in [0.2, 0.25) is 0 Å². The van der Waals surface area contributed by atoms with E-state index in [0.29, 0.717) is 6.54 Å². The molecule has 4 saturated carbocycles. The Labute approximate surface area is 151 Å². The molecule has 0 radical (unpaired) electrons. The number of hydrogen-bond donors (Lipinski definition) is 1. The number of carbonyl (C=O) groups is 1. The van der Waals surface area contributed by atoms with Gasteiger partial charge in [0, 0.05) is 18.7 Å². The summed E-state index contributed by atoms with van der Waals surface area (Å²) in [5, 5.41) is 13.9. The van der Waals surface area contributed by atoms with Crippen molar-refractivity contribution in [2.45, 2.75) is 38.5 Å². The molecule has 1 amide bonds. The number of benzene rings is 1. The SMILES string of the molecule is O=C(COc1cc(F)ccc1[N+](=O)[O-])NCC12CC3CC(CC(C3)C1)C2. The molecule has 1 aromatic rings. The molecule has 0 heterocycles. The number of nitro benzene ring substituents is 1. The number of carbonyl (C=O) groups excluding carboxylic acids is 1. The Bertz CT molecular complexity index is 701. The largest absolute Gasteiger partial charge is 0.477 e. The number of halogens is 1. The van der Waals surface area contributed by atoms with Gasteiger partial charge < -0.3 is 10.1 Å². The number of hydrogen-bond acceptors (Lipinski definition) is 4. The van der Waals surface area contributed by atoms with E-state index in [1.165, 1.54) is 38.5 Å². The van der Waals surface area contributed by atoms with Gasteiger partial charge in [-0.25, -0.2) is 4.39 Å². The van der Waals surface area contributed by atoms with Crippen LogP contribution in [0, 0.1) is 39.1 Å². The van der Waals surface area contributed by atoms with Crippen LogP contribution in [0.1, 0.15) is 38.5 Å². The van der Waals surface area contributed by atoms with E-state index in [2.05, 4.69) is 5.32 Å². The molecule has 4 aliphatic rings. The van der Waals surface area contributed by atoms with Crippen molar-refractivity contribution in [2.75, 3.05) is 13.2 Å². The summed E-state index contributed by atoms with van der Waals surface area (Å²) in [5.74, 6) is 1.25. The predicted molar refractivity (Wildman–Crippen MR) is 92.2 cm³/mol. The number of rotatable bonds is 6. The van der Waals surface area contributed by atoms with Gasteiger partial charge in [0.05, 0.1) is 4.92 Å². The molecule has 0 aromatic heterocycles. The average Bonchev–Trinajstić information content (AvgIpc) is 2.57. The fraction of sp³-hybridized carbons (Fsp3) is 0.632. The van der Waals surface area contributed by atoms with Gasteiger partial charge in [-0.05, 0) is 67.8 Å². The molecular weight excluding hydrogens is 339 g/mol. The minimum atomic E-state index is -0.651. The van der Waals surface area contributed by atoms with Gasteiger partial charge in [-0.15, -0.1) is 0 Å². The van der Waals surface area contributed by atoms with Crippen LogP contribution in [0.5, 0.6) is 5.75 Å². The molecule has 0 spiro atoms. The molecule has 5 rings (SSSR count). The second-order valence-corrected chi connectivity index (χ2v) is 8.35. The van der Waals surface area contributed by atoms with E-state index in [4.69, 9.17) is 4.74 Å². The van der Waals surface area contributed by atoms with Crippen LogP contribution in [-0.2, 0) is 4.79 Å². The van der Waals surface area contributed by atoms with Crippen molar-refractivity contribution in [1.29, 1.82) is 0 Å². The van der Waals surface area contributed by atoms with Gasteiger partial charge in [0.25, 0.3) is 5.91 Å². The number of nitrogens with one attached hydrogen (secondary N) is 1. The molecule has 1 N–H and O–H groups in total. The lowest BCUT2D eigenvalue weighted by atomic mass is 9.49. The maximum Gasteiger partial charge on any atom is 0.311 e. The minimum Gasteiger partial charge on any atom is -0.477 e. The van der Waals surface area contributed by atoms with E-state index < -0.39 is 10.7 Å². The second kappa shape index (κ2) is 6.52. The van der Waals surface area contributed by atoms with Gasteiger partial charge in [-0.2, -0.15) is 0 Å². The fourth-order valence-corrected chi connectivity index (χ4v) is 5.74. The molecule has 6 nitrogen and oxygen atoms in total. The first-order chi connectivity index (χ1) is 12.4. The Hall–Kier alpha value is -2.18. The molecule has 4 fully saturated rings. The van der Waals surface area contributed by atoms with Crippen LogP contribution >= 0.6 is 0 Å². The van der Waals surface area contributed by atoms with Crippen molar-refractivity contribution in [3.05, 3.63) is 34.1 Å². The zero-order valence-corrected chi connectivity index (χ0v) is 14.6. The van der Waals surface area contributed by atoms with Crippen molar-refractivity contribution in [3.63, 3.8) is 0 Å². The summed E-state index contributed by atoms with van der Waals surface area (Å²) in [5.41, 5.74) is -0.129. The number of ether oxygens (including phenoxy) is 1. The van der Waals surface area contributed by atoms with Gasteiger partial charge in [0.2, 0.25) is 5.75 Å². The molecule has 0 saturated heterocycles. The lowest BCUT2D eigenvalue weighted by Gasteiger charge is -2.56. The third-order valence-corrected chi connectivity index (χ3v) is 6.30. The summed E-state index contributed by atoms with van der Waals surface area (Å²) in [6.07, 6.45) is 7.61. The zero-order chi connectivity index (χ0) is 18.3. The van der Waals surface area contributed by atoms with Crippen LogP contribution in [0.25, 0.3) is 0 Å². The summed E-state index contributed by atoms with van der Waals surface area (Å²) in [7, 11) is 0. The third kappa shape index (κ3) is 3.39. The van der Waals surface area contributed by atoms with Gasteiger partial charge in [-0.3, -0.25) is 14.9 Å². The number of nitrogens with zero attached hydrogens (tertiary/aromatic N) is 1. The highest BCUT2D eigenvalue weighted by molar-refractivity contribution is 5.77. The first kappa shape index (κ1) is 17.2. The van der Waals surface area contributed by atoms with E-state index in [0.717, 1.165) is 36.0 Å². The molecule has 0 aliphatic heterocycles. The van der Waals surface area contributed by atoms with Crippen LogP contribution in [0.4, 0.5) is 10.1 Å². The molecule has 1 aromatic carbocycles. The van der Waals surface area contributed by atoms with Gasteiger partial charge in [0.1, 0.15) is 5.82 Å². The van der Waals surface area contributed by atoms with E-state index in [1.54, 1.807) is 0 Å².